The van der Waals surface area contributed by atoms with Gasteiger partial charge in [0.2, 0.25) is 0 Å². The lowest BCUT2D eigenvalue weighted by atomic mass is 9.84. The van der Waals surface area contributed by atoms with Gasteiger partial charge < -0.3 is 0 Å². The van der Waals surface area contributed by atoms with Crippen molar-refractivity contribution in [2.75, 3.05) is 0 Å². The van der Waals surface area contributed by atoms with Crippen molar-refractivity contribution in [3.63, 3.8) is 0 Å². The van der Waals surface area contributed by atoms with E-state index in [2.05, 4.69) is 17.0 Å². The zero-order chi connectivity index (χ0) is 19.7. The van der Waals surface area contributed by atoms with Gasteiger partial charge in [-0.2, -0.15) is 13.2 Å². The Morgan fingerprint density at radius 3 is 2.18 bits per heavy atom. The van der Waals surface area contributed by atoms with Gasteiger partial charge in [-0.3, -0.25) is 9.69 Å². The van der Waals surface area contributed by atoms with Crippen LogP contribution in [0.25, 0.3) is 0 Å². The Morgan fingerprint density at radius 2 is 1.54 bits per heavy atom. The molecule has 2 nitrogen and oxygen atoms in total. The molecule has 148 valence electrons. The molecule has 2 bridgehead atoms. The van der Waals surface area contributed by atoms with Crippen LogP contribution in [0.15, 0.2) is 54.6 Å². The van der Waals surface area contributed by atoms with Crippen LogP contribution in [-0.4, -0.2) is 22.8 Å². The highest BCUT2D eigenvalue weighted by molar-refractivity contribution is 5.84. The minimum absolute atomic E-state index is 0.0482. The average Bonchev–Trinajstić information content (AvgIpc) is 2.89. The van der Waals surface area contributed by atoms with Gasteiger partial charge in [0.05, 0.1) is 5.56 Å². The van der Waals surface area contributed by atoms with Crippen LogP contribution < -0.4 is 0 Å². The Bertz CT molecular complexity index is 819. The van der Waals surface area contributed by atoms with Gasteiger partial charge >= 0.3 is 6.18 Å². The second kappa shape index (κ2) is 7.70. The standard InChI is InChI=1S/C23H24F3NO/c24-23(25,26)21-9-5-4-8-17(21)14-22(28)18-12-19-10-11-20(13-18)27(19)15-16-6-2-1-3-7-16/h1-9,18-20H,10-15H2. The summed E-state index contributed by atoms with van der Waals surface area (Å²) in [6.45, 7) is 0.883. The topological polar surface area (TPSA) is 20.3 Å². The van der Waals surface area contributed by atoms with Gasteiger partial charge in [0.15, 0.2) is 0 Å². The first-order valence-electron chi connectivity index (χ1n) is 9.89. The minimum atomic E-state index is -4.42. The molecule has 4 rings (SSSR count). The zero-order valence-corrected chi connectivity index (χ0v) is 15.7. The predicted molar refractivity (Wildman–Crippen MR) is 102 cm³/mol. The van der Waals surface area contributed by atoms with Crippen LogP contribution >= 0.6 is 0 Å². The van der Waals surface area contributed by atoms with E-state index >= 15 is 0 Å². The van der Waals surface area contributed by atoms with Crippen molar-refractivity contribution in [3.8, 4) is 0 Å². The Balaban J connectivity index is 1.43. The molecule has 0 aromatic heterocycles. The molecule has 28 heavy (non-hydrogen) atoms. The van der Waals surface area contributed by atoms with Gasteiger partial charge in [-0.15, -0.1) is 0 Å². The largest absolute Gasteiger partial charge is 0.416 e. The van der Waals surface area contributed by atoms with E-state index in [9.17, 15) is 18.0 Å². The fourth-order valence-corrected chi connectivity index (χ4v) is 4.87. The number of Topliss-reactive ketones (excluding diaryl/α,β-unsaturated/α-hetero) is 1. The molecule has 0 radical (unpaired) electrons. The van der Waals surface area contributed by atoms with E-state index < -0.39 is 11.7 Å². The summed E-state index contributed by atoms with van der Waals surface area (Å²) >= 11 is 0. The molecule has 2 heterocycles. The molecule has 0 saturated carbocycles. The molecule has 5 heteroatoms. The van der Waals surface area contributed by atoms with Crippen molar-refractivity contribution in [3.05, 3.63) is 71.3 Å². The summed E-state index contributed by atoms with van der Waals surface area (Å²) in [5, 5.41) is 0. The molecule has 2 aromatic rings. The fraction of sp³-hybridized carbons (Fsp3) is 0.435. The number of hydrogen-bond donors (Lipinski definition) is 0. The maximum absolute atomic E-state index is 13.2. The van der Waals surface area contributed by atoms with E-state index in [-0.39, 0.29) is 23.7 Å². The molecule has 0 spiro atoms. The molecule has 2 fully saturated rings. The first-order chi connectivity index (χ1) is 13.4. The molecule has 0 aliphatic carbocycles. The summed E-state index contributed by atoms with van der Waals surface area (Å²) in [7, 11) is 0. The average molecular weight is 387 g/mol. The molecule has 2 aliphatic heterocycles. The van der Waals surface area contributed by atoms with Gasteiger partial charge in [0.25, 0.3) is 0 Å². The summed E-state index contributed by atoms with van der Waals surface area (Å²) in [6.07, 6.45) is -0.888. The van der Waals surface area contributed by atoms with Gasteiger partial charge in [-0.05, 0) is 42.9 Å². The minimum Gasteiger partial charge on any atom is -0.299 e. The predicted octanol–water partition coefficient (Wildman–Crippen LogP) is 5.26. The highest BCUT2D eigenvalue weighted by atomic mass is 19.4. The molecular formula is C23H24F3NO. The zero-order valence-electron chi connectivity index (χ0n) is 15.7. The molecular weight excluding hydrogens is 363 g/mol. The number of fused-ring (bicyclic) bond motifs is 2. The van der Waals surface area contributed by atoms with E-state index in [4.69, 9.17) is 0 Å². The van der Waals surface area contributed by atoms with Gasteiger partial charge in [-0.1, -0.05) is 48.5 Å². The lowest BCUT2D eigenvalue weighted by Crippen LogP contribution is -2.44. The van der Waals surface area contributed by atoms with Crippen molar-refractivity contribution in [1.82, 2.24) is 4.90 Å². The third-order valence-electron chi connectivity index (χ3n) is 6.24. The second-order valence-electron chi connectivity index (χ2n) is 8.01. The maximum atomic E-state index is 13.2. The van der Waals surface area contributed by atoms with Crippen LogP contribution in [0.2, 0.25) is 0 Å². The lowest BCUT2D eigenvalue weighted by molar-refractivity contribution is -0.138. The lowest BCUT2D eigenvalue weighted by Gasteiger charge is -2.38. The monoisotopic (exact) mass is 387 g/mol. The first kappa shape index (κ1) is 19.2. The maximum Gasteiger partial charge on any atom is 0.416 e. The highest BCUT2D eigenvalue weighted by Gasteiger charge is 2.43. The van der Waals surface area contributed by atoms with Gasteiger partial charge in [-0.25, -0.2) is 0 Å². The van der Waals surface area contributed by atoms with Crippen LogP contribution in [0.3, 0.4) is 0 Å². The molecule has 0 amide bonds. The van der Waals surface area contributed by atoms with Gasteiger partial charge in [0.1, 0.15) is 5.78 Å². The Morgan fingerprint density at radius 1 is 0.929 bits per heavy atom. The van der Waals surface area contributed by atoms with E-state index in [0.717, 1.165) is 38.3 Å². The quantitative estimate of drug-likeness (QED) is 0.697. The summed E-state index contributed by atoms with van der Waals surface area (Å²) in [5.74, 6) is -0.182. The van der Waals surface area contributed by atoms with Crippen molar-refractivity contribution < 1.29 is 18.0 Å². The fourth-order valence-electron chi connectivity index (χ4n) is 4.87. The van der Waals surface area contributed by atoms with Crippen molar-refractivity contribution in [2.45, 2.75) is 56.9 Å². The van der Waals surface area contributed by atoms with Crippen LogP contribution in [0.5, 0.6) is 0 Å². The highest BCUT2D eigenvalue weighted by Crippen LogP contribution is 2.40. The number of piperidine rings is 1. The number of halogens is 3. The summed E-state index contributed by atoms with van der Waals surface area (Å²) < 4.78 is 39.6. The number of hydrogen-bond acceptors (Lipinski definition) is 2. The summed E-state index contributed by atoms with van der Waals surface area (Å²) in [6, 6.07) is 16.4. The number of benzene rings is 2. The summed E-state index contributed by atoms with van der Waals surface area (Å²) in [5.41, 5.74) is 0.676. The van der Waals surface area contributed by atoms with Crippen LogP contribution in [0.4, 0.5) is 13.2 Å². The molecule has 2 saturated heterocycles. The number of nitrogens with zero attached hydrogens (tertiary/aromatic N) is 1. The number of carbonyl (C=O) groups excluding carboxylic acids is 1. The van der Waals surface area contributed by atoms with Crippen molar-refractivity contribution >= 4 is 5.78 Å². The molecule has 2 atom stereocenters. The Hall–Kier alpha value is -2.14. The van der Waals surface area contributed by atoms with Crippen LogP contribution in [0.1, 0.15) is 42.4 Å². The van der Waals surface area contributed by atoms with Crippen LogP contribution in [0, 0.1) is 5.92 Å². The normalized spacial score (nSPS) is 25.0. The second-order valence-corrected chi connectivity index (χ2v) is 8.01. The smallest absolute Gasteiger partial charge is 0.299 e. The van der Waals surface area contributed by atoms with E-state index in [1.807, 2.05) is 18.2 Å². The number of ketones is 1. The third-order valence-corrected chi connectivity index (χ3v) is 6.24. The van der Waals surface area contributed by atoms with E-state index in [1.165, 1.54) is 17.7 Å². The van der Waals surface area contributed by atoms with Crippen molar-refractivity contribution in [1.29, 1.82) is 0 Å². The number of rotatable bonds is 5. The van der Waals surface area contributed by atoms with E-state index in [1.54, 1.807) is 6.07 Å². The summed E-state index contributed by atoms with van der Waals surface area (Å²) in [4.78, 5) is 15.3. The number of carbonyl (C=O) groups is 1. The SMILES string of the molecule is O=C(Cc1ccccc1C(F)(F)F)C1CC2CCC(C1)N2Cc1ccccc1. The molecule has 2 unspecified atom stereocenters. The first-order valence-corrected chi connectivity index (χ1v) is 9.89. The third kappa shape index (κ3) is 4.00. The Kier molecular flexibility index (Phi) is 5.28. The number of alkyl halides is 3. The van der Waals surface area contributed by atoms with Gasteiger partial charge in [0, 0.05) is 31.0 Å². The van der Waals surface area contributed by atoms with E-state index in [0.29, 0.717) is 12.1 Å². The van der Waals surface area contributed by atoms with Crippen LogP contribution in [-0.2, 0) is 23.9 Å². The van der Waals surface area contributed by atoms with Crippen molar-refractivity contribution in [2.24, 2.45) is 5.92 Å². The molecule has 2 aliphatic rings. The molecule has 0 N–H and O–H groups in total. The molecule has 2 aromatic carbocycles. The Labute approximate surface area is 163 Å².